The zero-order valence-corrected chi connectivity index (χ0v) is 11.9. The summed E-state index contributed by atoms with van der Waals surface area (Å²) < 4.78 is 0. The Balaban J connectivity index is 2.26. The van der Waals surface area contributed by atoms with Gasteiger partial charge in [-0.3, -0.25) is 5.41 Å². The molecule has 3 rings (SSSR count). The van der Waals surface area contributed by atoms with Crippen molar-refractivity contribution in [2.75, 3.05) is 5.73 Å². The quantitative estimate of drug-likeness (QED) is 0.379. The molecule has 0 fully saturated rings. The van der Waals surface area contributed by atoms with Gasteiger partial charge in [-0.15, -0.1) is 0 Å². The predicted molar refractivity (Wildman–Crippen MR) is 89.5 cm³/mol. The highest BCUT2D eigenvalue weighted by Crippen LogP contribution is 2.30. The first-order valence-electron chi connectivity index (χ1n) is 6.80. The second-order valence-corrected chi connectivity index (χ2v) is 5.19. The maximum Gasteiger partial charge on any atom is 0.125 e. The summed E-state index contributed by atoms with van der Waals surface area (Å²) in [7, 11) is 0. The van der Waals surface area contributed by atoms with E-state index >= 15 is 0 Å². The molecule has 0 heterocycles. The maximum atomic E-state index is 7.76. The minimum Gasteiger partial charge on any atom is -0.398 e. The lowest BCUT2D eigenvalue weighted by atomic mass is 9.94. The number of hydrogen-bond acceptors (Lipinski definition) is 2. The Morgan fingerprint density at radius 3 is 2.52 bits per heavy atom. The van der Waals surface area contributed by atoms with Gasteiger partial charge >= 0.3 is 0 Å². The Morgan fingerprint density at radius 1 is 1.00 bits per heavy atom. The highest BCUT2D eigenvalue weighted by molar-refractivity contribution is 6.06. The lowest BCUT2D eigenvalue weighted by Crippen LogP contribution is -2.15. The van der Waals surface area contributed by atoms with Gasteiger partial charge in [0.25, 0.3) is 0 Å². The second kappa shape index (κ2) is 4.94. The van der Waals surface area contributed by atoms with E-state index in [4.69, 9.17) is 16.9 Å². The van der Waals surface area contributed by atoms with E-state index in [2.05, 4.69) is 37.3 Å². The third-order valence-electron chi connectivity index (χ3n) is 3.78. The monoisotopic (exact) mass is 275 g/mol. The highest BCUT2D eigenvalue weighted by Gasteiger charge is 2.11. The largest absolute Gasteiger partial charge is 0.398 e. The van der Waals surface area contributed by atoms with Crippen LogP contribution in [0.25, 0.3) is 21.9 Å². The number of nitrogen functional groups attached to an aromatic ring is 2. The molecule has 3 aromatic carbocycles. The van der Waals surface area contributed by atoms with Crippen molar-refractivity contribution in [1.82, 2.24) is 0 Å². The number of nitrogens with two attached hydrogens (primary N) is 2. The fourth-order valence-corrected chi connectivity index (χ4v) is 2.72. The van der Waals surface area contributed by atoms with Crippen LogP contribution in [0.2, 0.25) is 0 Å². The molecule has 21 heavy (non-hydrogen) atoms. The molecule has 0 atom stereocenters. The van der Waals surface area contributed by atoms with Crippen molar-refractivity contribution in [3.05, 3.63) is 65.7 Å². The molecule has 0 radical (unpaired) electrons. The van der Waals surface area contributed by atoms with Crippen LogP contribution in [-0.4, -0.2) is 5.84 Å². The van der Waals surface area contributed by atoms with Crippen molar-refractivity contribution >= 4 is 22.3 Å². The molecular weight excluding hydrogens is 258 g/mol. The van der Waals surface area contributed by atoms with Crippen molar-refractivity contribution in [2.45, 2.75) is 6.92 Å². The molecular formula is C18H17N3. The van der Waals surface area contributed by atoms with E-state index in [1.165, 1.54) is 16.3 Å². The first-order valence-corrected chi connectivity index (χ1v) is 6.80. The zero-order chi connectivity index (χ0) is 15.0. The van der Waals surface area contributed by atoms with Crippen LogP contribution in [0, 0.1) is 12.3 Å². The summed E-state index contributed by atoms with van der Waals surface area (Å²) in [6, 6.07) is 18.1. The third kappa shape index (κ3) is 2.23. The first kappa shape index (κ1) is 13.2. The van der Waals surface area contributed by atoms with Crippen molar-refractivity contribution in [1.29, 1.82) is 5.41 Å². The number of rotatable bonds is 2. The van der Waals surface area contributed by atoms with E-state index in [0.717, 1.165) is 11.1 Å². The lowest BCUT2D eigenvalue weighted by Gasteiger charge is -2.12. The Labute approximate surface area is 123 Å². The molecule has 3 aromatic rings. The first-order chi connectivity index (χ1) is 10.1. The van der Waals surface area contributed by atoms with Gasteiger partial charge in [0.15, 0.2) is 0 Å². The molecule has 0 amide bonds. The Hall–Kier alpha value is -2.81. The van der Waals surface area contributed by atoms with Crippen LogP contribution in [0.15, 0.2) is 54.6 Å². The van der Waals surface area contributed by atoms with Gasteiger partial charge < -0.3 is 11.5 Å². The van der Waals surface area contributed by atoms with Crippen molar-refractivity contribution in [2.24, 2.45) is 5.73 Å². The van der Waals surface area contributed by atoms with Crippen LogP contribution >= 0.6 is 0 Å². The smallest absolute Gasteiger partial charge is 0.125 e. The number of aryl methyl sites for hydroxylation is 1. The SMILES string of the molecule is Cc1cccc2cc(-c3cccc(N)c3C(=N)N)ccc12. The molecule has 0 spiro atoms. The molecule has 0 bridgehead atoms. The van der Waals surface area contributed by atoms with Gasteiger partial charge in [-0.2, -0.15) is 0 Å². The normalized spacial score (nSPS) is 10.7. The molecule has 0 aliphatic rings. The lowest BCUT2D eigenvalue weighted by molar-refractivity contribution is 1.42. The van der Waals surface area contributed by atoms with Gasteiger partial charge in [-0.1, -0.05) is 42.5 Å². The maximum absolute atomic E-state index is 7.76. The molecule has 0 unspecified atom stereocenters. The molecule has 0 aliphatic heterocycles. The molecule has 5 N–H and O–H groups in total. The van der Waals surface area contributed by atoms with E-state index in [9.17, 15) is 0 Å². The second-order valence-electron chi connectivity index (χ2n) is 5.19. The summed E-state index contributed by atoms with van der Waals surface area (Å²) in [5.41, 5.74) is 16.0. The molecule has 0 aromatic heterocycles. The van der Waals surface area contributed by atoms with Gasteiger partial charge in [-0.25, -0.2) is 0 Å². The van der Waals surface area contributed by atoms with Crippen molar-refractivity contribution in [3.8, 4) is 11.1 Å². The summed E-state index contributed by atoms with van der Waals surface area (Å²) >= 11 is 0. The predicted octanol–water partition coefficient (Wildman–Crippen LogP) is 3.68. The summed E-state index contributed by atoms with van der Waals surface area (Å²) in [5, 5.41) is 10.2. The van der Waals surface area contributed by atoms with Gasteiger partial charge in [0.05, 0.1) is 0 Å². The summed E-state index contributed by atoms with van der Waals surface area (Å²) in [6.07, 6.45) is 0. The molecule has 0 saturated heterocycles. The van der Waals surface area contributed by atoms with Crippen LogP contribution in [0.5, 0.6) is 0 Å². The van der Waals surface area contributed by atoms with Crippen LogP contribution in [0.4, 0.5) is 5.69 Å². The van der Waals surface area contributed by atoms with E-state index in [1.807, 2.05) is 18.2 Å². The van der Waals surface area contributed by atoms with E-state index < -0.39 is 0 Å². The van der Waals surface area contributed by atoms with Crippen LogP contribution in [0.3, 0.4) is 0 Å². The van der Waals surface area contributed by atoms with E-state index in [1.54, 1.807) is 6.07 Å². The van der Waals surface area contributed by atoms with Gasteiger partial charge in [0.2, 0.25) is 0 Å². The summed E-state index contributed by atoms with van der Waals surface area (Å²) in [4.78, 5) is 0. The third-order valence-corrected chi connectivity index (χ3v) is 3.78. The topological polar surface area (TPSA) is 75.9 Å². The van der Waals surface area contributed by atoms with E-state index in [0.29, 0.717) is 11.3 Å². The number of amidine groups is 1. The van der Waals surface area contributed by atoms with Crippen molar-refractivity contribution < 1.29 is 0 Å². The van der Waals surface area contributed by atoms with Crippen LogP contribution in [-0.2, 0) is 0 Å². The summed E-state index contributed by atoms with van der Waals surface area (Å²) in [6.45, 7) is 2.10. The summed E-state index contributed by atoms with van der Waals surface area (Å²) in [5.74, 6) is -0.00700. The Kier molecular flexibility index (Phi) is 3.10. The average Bonchev–Trinajstić information content (AvgIpc) is 2.46. The van der Waals surface area contributed by atoms with Crippen LogP contribution in [0.1, 0.15) is 11.1 Å². The Morgan fingerprint density at radius 2 is 1.76 bits per heavy atom. The average molecular weight is 275 g/mol. The van der Waals surface area contributed by atoms with E-state index in [-0.39, 0.29) is 5.84 Å². The van der Waals surface area contributed by atoms with Gasteiger partial charge in [0.1, 0.15) is 5.84 Å². The molecule has 0 saturated carbocycles. The molecule has 104 valence electrons. The fourth-order valence-electron chi connectivity index (χ4n) is 2.72. The Bertz CT molecular complexity index is 850. The van der Waals surface area contributed by atoms with Crippen LogP contribution < -0.4 is 11.5 Å². The molecule has 3 heteroatoms. The zero-order valence-electron chi connectivity index (χ0n) is 11.9. The van der Waals surface area contributed by atoms with Gasteiger partial charge in [-0.05, 0) is 46.5 Å². The minimum absolute atomic E-state index is 0.00700. The standard InChI is InChI=1S/C18H17N3/c1-11-4-2-5-12-10-13(8-9-14(11)12)15-6-3-7-16(19)17(15)18(20)21/h2-10H,19H2,1H3,(H3,20,21). The van der Waals surface area contributed by atoms with Gasteiger partial charge in [0, 0.05) is 11.3 Å². The molecule has 0 aliphatic carbocycles. The minimum atomic E-state index is -0.00700. The van der Waals surface area contributed by atoms with Crippen molar-refractivity contribution in [3.63, 3.8) is 0 Å². The number of benzene rings is 3. The fraction of sp³-hybridized carbons (Fsp3) is 0.0556. The highest BCUT2D eigenvalue weighted by atomic mass is 14.7. The number of hydrogen-bond donors (Lipinski definition) is 3. The molecule has 3 nitrogen and oxygen atoms in total. The number of anilines is 1. The number of fused-ring (bicyclic) bond motifs is 1. The number of nitrogens with one attached hydrogen (secondary N) is 1.